The highest BCUT2D eigenvalue weighted by molar-refractivity contribution is 7.99. The second kappa shape index (κ2) is 4.53. The third-order valence-corrected chi connectivity index (χ3v) is 2.83. The van der Waals surface area contributed by atoms with Crippen molar-refractivity contribution >= 4 is 23.4 Å². The van der Waals surface area contributed by atoms with Crippen molar-refractivity contribution in [2.75, 3.05) is 5.75 Å². The van der Waals surface area contributed by atoms with E-state index in [1.807, 2.05) is 19.1 Å². The highest BCUT2D eigenvalue weighted by atomic mass is 35.5. The molecule has 1 heterocycles. The van der Waals surface area contributed by atoms with Crippen molar-refractivity contribution in [2.24, 2.45) is 0 Å². The summed E-state index contributed by atoms with van der Waals surface area (Å²) in [5.41, 5.74) is 1.13. The smallest absolute Gasteiger partial charge is 0.115 e. The van der Waals surface area contributed by atoms with Crippen LogP contribution in [0.4, 0.5) is 0 Å². The van der Waals surface area contributed by atoms with Gasteiger partial charge in [0.15, 0.2) is 0 Å². The predicted molar refractivity (Wildman–Crippen MR) is 54.8 cm³/mol. The van der Waals surface area contributed by atoms with E-state index in [1.54, 1.807) is 18.0 Å². The lowest BCUT2D eigenvalue weighted by Crippen LogP contribution is -1.83. The quantitative estimate of drug-likeness (QED) is 0.547. The molecule has 0 radical (unpaired) electrons. The van der Waals surface area contributed by atoms with E-state index < -0.39 is 0 Å². The van der Waals surface area contributed by atoms with Gasteiger partial charge in [-0.15, -0.1) is 11.8 Å². The molecular weight excluding hydrogens is 190 g/mol. The third kappa shape index (κ3) is 2.88. The van der Waals surface area contributed by atoms with Gasteiger partial charge in [0.2, 0.25) is 0 Å². The van der Waals surface area contributed by atoms with Crippen molar-refractivity contribution in [1.29, 1.82) is 0 Å². The zero-order valence-electron chi connectivity index (χ0n) is 6.88. The normalized spacial score (nSPS) is 9.83. The van der Waals surface area contributed by atoms with Gasteiger partial charge >= 0.3 is 0 Å². The first-order valence-electron chi connectivity index (χ1n) is 3.58. The number of rotatable bonds is 3. The van der Waals surface area contributed by atoms with Crippen LogP contribution in [0.1, 0.15) is 6.92 Å². The first-order valence-corrected chi connectivity index (χ1v) is 4.94. The Kier molecular flexibility index (Phi) is 3.63. The van der Waals surface area contributed by atoms with Crippen molar-refractivity contribution in [3.05, 3.63) is 35.5 Å². The molecular formula is C9H10ClNS. The third-order valence-electron chi connectivity index (χ3n) is 1.18. The molecule has 0 spiro atoms. The number of pyridine rings is 1. The van der Waals surface area contributed by atoms with Crippen LogP contribution >= 0.6 is 23.4 Å². The van der Waals surface area contributed by atoms with Crippen LogP contribution in [0.15, 0.2) is 35.5 Å². The molecule has 0 aliphatic rings. The van der Waals surface area contributed by atoms with E-state index in [2.05, 4.69) is 11.6 Å². The average molecular weight is 200 g/mol. The van der Waals surface area contributed by atoms with Crippen LogP contribution in [0.25, 0.3) is 0 Å². The lowest BCUT2D eigenvalue weighted by atomic mass is 10.4. The number of aromatic nitrogens is 1. The molecule has 12 heavy (non-hydrogen) atoms. The Morgan fingerprint density at radius 1 is 1.75 bits per heavy atom. The molecule has 1 aromatic rings. The van der Waals surface area contributed by atoms with Gasteiger partial charge < -0.3 is 0 Å². The van der Waals surface area contributed by atoms with Crippen LogP contribution in [-0.4, -0.2) is 10.7 Å². The molecule has 0 saturated heterocycles. The molecule has 64 valence electrons. The highest BCUT2D eigenvalue weighted by Crippen LogP contribution is 2.24. The molecule has 1 nitrogen and oxygen atoms in total. The maximum absolute atomic E-state index is 5.89. The molecule has 0 aromatic carbocycles. The summed E-state index contributed by atoms with van der Waals surface area (Å²) in [6, 6.07) is 3.67. The summed E-state index contributed by atoms with van der Waals surface area (Å²) in [4.78, 5) is 4.14. The van der Waals surface area contributed by atoms with Gasteiger partial charge in [-0.25, -0.2) is 4.98 Å². The van der Waals surface area contributed by atoms with Crippen molar-refractivity contribution in [3.8, 4) is 0 Å². The topological polar surface area (TPSA) is 12.9 Å². The summed E-state index contributed by atoms with van der Waals surface area (Å²) >= 11 is 7.51. The Bertz CT molecular complexity index is 286. The molecule has 0 bridgehead atoms. The second-order valence-electron chi connectivity index (χ2n) is 2.54. The number of thioether (sulfide) groups is 1. The van der Waals surface area contributed by atoms with E-state index in [9.17, 15) is 0 Å². The van der Waals surface area contributed by atoms with E-state index in [4.69, 9.17) is 11.6 Å². The summed E-state index contributed by atoms with van der Waals surface area (Å²) in [5.74, 6) is 0.872. The van der Waals surface area contributed by atoms with Crippen molar-refractivity contribution in [2.45, 2.75) is 11.9 Å². The van der Waals surface area contributed by atoms with Crippen LogP contribution in [0.5, 0.6) is 0 Å². The summed E-state index contributed by atoms with van der Waals surface area (Å²) in [6.45, 7) is 5.80. The standard InChI is InChI=1S/C9H10ClNS/c1-7(2)6-12-9-8(10)4-3-5-11-9/h3-5H,1,6H2,2H3. The Labute approximate surface area is 81.8 Å². The maximum Gasteiger partial charge on any atom is 0.115 e. The summed E-state index contributed by atoms with van der Waals surface area (Å²) in [5, 5.41) is 1.59. The van der Waals surface area contributed by atoms with E-state index >= 15 is 0 Å². The van der Waals surface area contributed by atoms with Crippen LogP contribution in [-0.2, 0) is 0 Å². The van der Waals surface area contributed by atoms with E-state index in [0.717, 1.165) is 16.4 Å². The van der Waals surface area contributed by atoms with E-state index in [-0.39, 0.29) is 0 Å². The number of hydrogen-bond donors (Lipinski definition) is 0. The molecule has 0 fully saturated rings. The number of halogens is 1. The van der Waals surface area contributed by atoms with Gasteiger partial charge in [-0.1, -0.05) is 23.8 Å². The van der Waals surface area contributed by atoms with Crippen molar-refractivity contribution in [3.63, 3.8) is 0 Å². The van der Waals surface area contributed by atoms with Crippen LogP contribution in [0, 0.1) is 0 Å². The number of hydrogen-bond acceptors (Lipinski definition) is 2. The molecule has 0 unspecified atom stereocenters. The molecule has 0 saturated carbocycles. The maximum atomic E-state index is 5.89. The zero-order chi connectivity index (χ0) is 8.97. The molecule has 0 aliphatic heterocycles. The minimum absolute atomic E-state index is 0.712. The number of nitrogens with zero attached hydrogens (tertiary/aromatic N) is 1. The molecule has 3 heteroatoms. The summed E-state index contributed by atoms with van der Waals surface area (Å²) < 4.78 is 0. The second-order valence-corrected chi connectivity index (χ2v) is 3.91. The Morgan fingerprint density at radius 3 is 3.08 bits per heavy atom. The fourth-order valence-electron chi connectivity index (χ4n) is 0.669. The van der Waals surface area contributed by atoms with Gasteiger partial charge in [-0.2, -0.15) is 0 Å². The molecule has 0 atom stereocenters. The fraction of sp³-hybridized carbons (Fsp3) is 0.222. The van der Waals surface area contributed by atoms with Crippen LogP contribution < -0.4 is 0 Å². The fourth-order valence-corrected chi connectivity index (χ4v) is 1.68. The average Bonchev–Trinajstić information content (AvgIpc) is 2.03. The van der Waals surface area contributed by atoms with Gasteiger partial charge in [0.05, 0.1) is 5.02 Å². The highest BCUT2D eigenvalue weighted by Gasteiger charge is 1.99. The van der Waals surface area contributed by atoms with Gasteiger partial charge in [0, 0.05) is 11.9 Å². The Morgan fingerprint density at radius 2 is 2.50 bits per heavy atom. The molecule has 0 amide bonds. The zero-order valence-corrected chi connectivity index (χ0v) is 8.45. The molecule has 0 aliphatic carbocycles. The van der Waals surface area contributed by atoms with E-state index in [1.165, 1.54) is 0 Å². The predicted octanol–water partition coefficient (Wildman–Crippen LogP) is 3.40. The van der Waals surface area contributed by atoms with E-state index in [0.29, 0.717) is 5.02 Å². The Hall–Kier alpha value is -0.470. The molecule has 1 rings (SSSR count). The SMILES string of the molecule is C=C(C)CSc1ncccc1Cl. The first kappa shape index (κ1) is 9.62. The van der Waals surface area contributed by atoms with Crippen LogP contribution in [0.3, 0.4) is 0 Å². The molecule has 1 aromatic heterocycles. The minimum Gasteiger partial charge on any atom is -0.248 e. The van der Waals surface area contributed by atoms with Gasteiger partial charge in [-0.05, 0) is 19.1 Å². The minimum atomic E-state index is 0.712. The summed E-state index contributed by atoms with van der Waals surface area (Å²) in [7, 11) is 0. The molecule has 0 N–H and O–H groups in total. The van der Waals surface area contributed by atoms with Crippen molar-refractivity contribution < 1.29 is 0 Å². The first-order chi connectivity index (χ1) is 5.70. The van der Waals surface area contributed by atoms with Crippen LogP contribution in [0.2, 0.25) is 5.02 Å². The van der Waals surface area contributed by atoms with Gasteiger partial charge in [0.1, 0.15) is 5.03 Å². The summed E-state index contributed by atoms with van der Waals surface area (Å²) in [6.07, 6.45) is 1.74. The Balaban J connectivity index is 2.63. The van der Waals surface area contributed by atoms with Crippen molar-refractivity contribution in [1.82, 2.24) is 4.98 Å². The lowest BCUT2D eigenvalue weighted by molar-refractivity contribution is 1.13. The largest absolute Gasteiger partial charge is 0.248 e. The lowest BCUT2D eigenvalue weighted by Gasteiger charge is -2.00. The van der Waals surface area contributed by atoms with Gasteiger partial charge in [-0.3, -0.25) is 0 Å². The van der Waals surface area contributed by atoms with Gasteiger partial charge in [0.25, 0.3) is 0 Å². The monoisotopic (exact) mass is 199 g/mol.